The molecular formula is C18H21N3O3. The van der Waals surface area contributed by atoms with E-state index in [0.29, 0.717) is 13.0 Å². The van der Waals surface area contributed by atoms with E-state index in [1.807, 2.05) is 48.1 Å². The lowest BCUT2D eigenvalue weighted by molar-refractivity contribution is -0.140. The van der Waals surface area contributed by atoms with Gasteiger partial charge in [0.15, 0.2) is 0 Å². The molecule has 0 spiro atoms. The summed E-state index contributed by atoms with van der Waals surface area (Å²) in [4.78, 5) is 22.6. The summed E-state index contributed by atoms with van der Waals surface area (Å²) in [6.45, 7) is 2.53. The van der Waals surface area contributed by atoms with Gasteiger partial charge in [0, 0.05) is 12.7 Å². The van der Waals surface area contributed by atoms with Crippen LogP contribution in [0.2, 0.25) is 0 Å². The van der Waals surface area contributed by atoms with Crippen molar-refractivity contribution in [3.63, 3.8) is 0 Å². The van der Waals surface area contributed by atoms with Gasteiger partial charge in [0.05, 0.1) is 23.2 Å². The fraction of sp³-hybridized carbons (Fsp3) is 0.389. The Bertz CT molecular complexity index is 739. The van der Waals surface area contributed by atoms with E-state index in [-0.39, 0.29) is 11.8 Å². The van der Waals surface area contributed by atoms with Gasteiger partial charge in [0.1, 0.15) is 0 Å². The number of carboxylic acids is 1. The number of para-hydroxylation sites is 1. The van der Waals surface area contributed by atoms with Crippen LogP contribution in [0.15, 0.2) is 36.5 Å². The maximum absolute atomic E-state index is 11.8. The van der Waals surface area contributed by atoms with Gasteiger partial charge in [-0.1, -0.05) is 18.2 Å². The number of benzene rings is 1. The van der Waals surface area contributed by atoms with E-state index in [2.05, 4.69) is 10.4 Å². The van der Waals surface area contributed by atoms with Crippen LogP contribution in [0.1, 0.15) is 24.1 Å². The third kappa shape index (κ3) is 3.64. The Labute approximate surface area is 140 Å². The standard InChI is InChI=1S/C18H21N3O3/c1-12-13(11-21(20-12)14-7-3-2-4-8-14)6-5-9-19-17(22)15-10-16(15)18(23)24/h2-4,7-8,11,15-16H,5-6,9-10H2,1H3,(H,19,22)(H,23,24). The second-order valence-electron chi connectivity index (χ2n) is 6.20. The van der Waals surface area contributed by atoms with Crippen LogP contribution in [-0.2, 0) is 16.0 Å². The van der Waals surface area contributed by atoms with Gasteiger partial charge < -0.3 is 10.4 Å². The van der Waals surface area contributed by atoms with Crippen molar-refractivity contribution in [2.75, 3.05) is 6.54 Å². The fourth-order valence-corrected chi connectivity index (χ4v) is 2.83. The summed E-state index contributed by atoms with van der Waals surface area (Å²) < 4.78 is 1.87. The highest BCUT2D eigenvalue weighted by atomic mass is 16.4. The molecule has 2 aromatic rings. The Morgan fingerprint density at radius 2 is 2.04 bits per heavy atom. The molecule has 0 saturated heterocycles. The highest BCUT2D eigenvalue weighted by molar-refractivity contribution is 5.89. The van der Waals surface area contributed by atoms with Crippen molar-refractivity contribution in [3.8, 4) is 5.69 Å². The number of aromatic nitrogens is 2. The minimum atomic E-state index is -0.876. The van der Waals surface area contributed by atoms with Gasteiger partial charge in [-0.25, -0.2) is 4.68 Å². The molecule has 1 aliphatic rings. The number of carbonyl (C=O) groups excluding carboxylic acids is 1. The number of nitrogens with zero attached hydrogens (tertiary/aromatic N) is 2. The quantitative estimate of drug-likeness (QED) is 0.761. The minimum Gasteiger partial charge on any atom is -0.481 e. The number of hydrogen-bond acceptors (Lipinski definition) is 3. The summed E-state index contributed by atoms with van der Waals surface area (Å²) in [6, 6.07) is 9.93. The molecule has 1 saturated carbocycles. The predicted molar refractivity (Wildman–Crippen MR) is 88.9 cm³/mol. The number of aryl methyl sites for hydroxylation is 2. The Morgan fingerprint density at radius 1 is 1.29 bits per heavy atom. The van der Waals surface area contributed by atoms with E-state index >= 15 is 0 Å². The summed E-state index contributed by atoms with van der Waals surface area (Å²) in [7, 11) is 0. The molecule has 1 aromatic heterocycles. The van der Waals surface area contributed by atoms with Gasteiger partial charge in [0.25, 0.3) is 0 Å². The molecular weight excluding hydrogens is 306 g/mol. The summed E-state index contributed by atoms with van der Waals surface area (Å²) in [5, 5.41) is 16.2. The molecule has 24 heavy (non-hydrogen) atoms. The molecule has 6 nitrogen and oxygen atoms in total. The number of amides is 1. The predicted octanol–water partition coefficient (Wildman–Crippen LogP) is 1.95. The molecule has 0 aliphatic heterocycles. The molecule has 3 rings (SSSR count). The van der Waals surface area contributed by atoms with Gasteiger partial charge >= 0.3 is 5.97 Å². The Morgan fingerprint density at radius 3 is 2.71 bits per heavy atom. The Hall–Kier alpha value is -2.63. The lowest BCUT2D eigenvalue weighted by atomic mass is 10.1. The zero-order valence-corrected chi connectivity index (χ0v) is 13.6. The van der Waals surface area contributed by atoms with Crippen molar-refractivity contribution in [1.82, 2.24) is 15.1 Å². The second-order valence-corrected chi connectivity index (χ2v) is 6.20. The van der Waals surface area contributed by atoms with Gasteiger partial charge in [-0.15, -0.1) is 0 Å². The Kier molecular flexibility index (Phi) is 4.64. The number of carbonyl (C=O) groups is 2. The largest absolute Gasteiger partial charge is 0.481 e. The molecule has 1 heterocycles. The van der Waals surface area contributed by atoms with E-state index in [1.165, 1.54) is 0 Å². The zero-order chi connectivity index (χ0) is 17.1. The molecule has 2 unspecified atom stereocenters. The van der Waals surface area contributed by atoms with E-state index < -0.39 is 11.9 Å². The van der Waals surface area contributed by atoms with E-state index in [1.54, 1.807) is 0 Å². The number of aliphatic carboxylic acids is 1. The first-order valence-electron chi connectivity index (χ1n) is 8.17. The SMILES string of the molecule is Cc1nn(-c2ccccc2)cc1CCCNC(=O)C1CC1C(=O)O. The van der Waals surface area contributed by atoms with Crippen molar-refractivity contribution in [1.29, 1.82) is 0 Å². The van der Waals surface area contributed by atoms with Crippen molar-refractivity contribution in [2.45, 2.75) is 26.2 Å². The second kappa shape index (κ2) is 6.86. The Balaban J connectivity index is 1.47. The van der Waals surface area contributed by atoms with Crippen molar-refractivity contribution in [3.05, 3.63) is 47.8 Å². The molecule has 0 bridgehead atoms. The van der Waals surface area contributed by atoms with Crippen LogP contribution in [0, 0.1) is 18.8 Å². The van der Waals surface area contributed by atoms with Crippen LogP contribution in [0.3, 0.4) is 0 Å². The maximum Gasteiger partial charge on any atom is 0.307 e. The van der Waals surface area contributed by atoms with Gasteiger partial charge in [-0.05, 0) is 43.9 Å². The number of nitrogens with one attached hydrogen (secondary N) is 1. The summed E-state index contributed by atoms with van der Waals surface area (Å²) in [5.41, 5.74) is 3.16. The van der Waals surface area contributed by atoms with Gasteiger partial charge in [-0.2, -0.15) is 5.10 Å². The molecule has 1 aliphatic carbocycles. The summed E-state index contributed by atoms with van der Waals surface area (Å²) in [5.74, 6) is -1.85. The monoisotopic (exact) mass is 327 g/mol. The van der Waals surface area contributed by atoms with Crippen LogP contribution >= 0.6 is 0 Å². The molecule has 2 atom stereocenters. The first-order chi connectivity index (χ1) is 11.6. The van der Waals surface area contributed by atoms with Crippen molar-refractivity contribution in [2.24, 2.45) is 11.8 Å². The molecule has 0 radical (unpaired) electrons. The number of hydrogen-bond donors (Lipinski definition) is 2. The average Bonchev–Trinajstić information content (AvgIpc) is 3.31. The fourth-order valence-electron chi connectivity index (χ4n) is 2.83. The first-order valence-corrected chi connectivity index (χ1v) is 8.17. The van der Waals surface area contributed by atoms with Crippen LogP contribution < -0.4 is 5.32 Å². The molecule has 2 N–H and O–H groups in total. The van der Waals surface area contributed by atoms with E-state index in [4.69, 9.17) is 5.11 Å². The molecule has 126 valence electrons. The average molecular weight is 327 g/mol. The first kappa shape index (κ1) is 16.2. The minimum absolute atomic E-state index is 0.140. The maximum atomic E-state index is 11.8. The van der Waals surface area contributed by atoms with Crippen LogP contribution in [0.4, 0.5) is 0 Å². The normalized spacial score (nSPS) is 19.0. The molecule has 1 aromatic carbocycles. The lowest BCUT2D eigenvalue weighted by Crippen LogP contribution is -2.27. The molecule has 1 fully saturated rings. The number of rotatable bonds is 7. The topological polar surface area (TPSA) is 84.2 Å². The highest BCUT2D eigenvalue weighted by Gasteiger charge is 2.48. The third-order valence-corrected chi connectivity index (χ3v) is 4.39. The lowest BCUT2D eigenvalue weighted by Gasteiger charge is -2.04. The smallest absolute Gasteiger partial charge is 0.307 e. The van der Waals surface area contributed by atoms with Crippen LogP contribution in [-0.4, -0.2) is 33.3 Å². The zero-order valence-electron chi connectivity index (χ0n) is 13.6. The molecule has 6 heteroatoms. The van der Waals surface area contributed by atoms with E-state index in [9.17, 15) is 9.59 Å². The van der Waals surface area contributed by atoms with E-state index in [0.717, 1.165) is 29.8 Å². The summed E-state index contributed by atoms with van der Waals surface area (Å²) >= 11 is 0. The van der Waals surface area contributed by atoms with Crippen molar-refractivity contribution >= 4 is 11.9 Å². The van der Waals surface area contributed by atoms with Crippen molar-refractivity contribution < 1.29 is 14.7 Å². The molecule has 1 amide bonds. The third-order valence-electron chi connectivity index (χ3n) is 4.39. The van der Waals surface area contributed by atoms with Crippen LogP contribution in [0.25, 0.3) is 5.69 Å². The number of carboxylic acid groups (broad SMARTS) is 1. The van der Waals surface area contributed by atoms with Crippen LogP contribution in [0.5, 0.6) is 0 Å². The van der Waals surface area contributed by atoms with Gasteiger partial charge in [-0.3, -0.25) is 9.59 Å². The summed E-state index contributed by atoms with van der Waals surface area (Å²) in [6.07, 6.45) is 4.11. The highest BCUT2D eigenvalue weighted by Crippen LogP contribution is 2.38. The van der Waals surface area contributed by atoms with Gasteiger partial charge in [0.2, 0.25) is 5.91 Å².